The molecule has 1 aromatic carbocycles. The van der Waals surface area contributed by atoms with E-state index in [0.717, 1.165) is 12.8 Å². The first-order valence-electron chi connectivity index (χ1n) is 6.98. The molecule has 0 saturated carbocycles. The number of ether oxygens (including phenoxy) is 1. The molecule has 1 unspecified atom stereocenters. The zero-order valence-corrected chi connectivity index (χ0v) is 13.7. The smallest absolute Gasteiger partial charge is 0.0823 e. The Hall–Kier alpha value is -1.08. The van der Waals surface area contributed by atoms with Crippen LogP contribution in [-0.2, 0) is 11.3 Å². The van der Waals surface area contributed by atoms with Gasteiger partial charge >= 0.3 is 0 Å². The topological polar surface area (TPSA) is 9.23 Å². The third kappa shape index (κ3) is 6.06. The lowest BCUT2D eigenvalue weighted by Gasteiger charge is -2.20. The van der Waals surface area contributed by atoms with Gasteiger partial charge in [-0.15, -0.1) is 5.73 Å². The molecule has 0 radical (unpaired) electrons. The van der Waals surface area contributed by atoms with Gasteiger partial charge in [0.2, 0.25) is 0 Å². The molecule has 0 heterocycles. The number of benzene rings is 1. The van der Waals surface area contributed by atoms with E-state index in [2.05, 4.69) is 51.0 Å². The number of rotatable bonds is 7. The molecule has 0 aromatic heterocycles. The molecule has 0 bridgehead atoms. The number of hydrogen-bond donors (Lipinski definition) is 0. The second kappa shape index (κ2) is 7.49. The van der Waals surface area contributed by atoms with Crippen molar-refractivity contribution in [2.24, 2.45) is 0 Å². The number of allylic oxidation sites excluding steroid dienone is 1. The van der Waals surface area contributed by atoms with Crippen molar-refractivity contribution in [2.75, 3.05) is 0 Å². The molecule has 0 aliphatic carbocycles. The average molecular weight is 274 g/mol. The van der Waals surface area contributed by atoms with Crippen LogP contribution in [0.15, 0.2) is 47.8 Å². The Morgan fingerprint density at radius 2 is 1.89 bits per heavy atom. The molecule has 1 atom stereocenters. The van der Waals surface area contributed by atoms with Crippen molar-refractivity contribution in [2.45, 2.75) is 52.1 Å². The third-order valence-corrected chi connectivity index (χ3v) is 5.53. The molecule has 0 saturated heterocycles. The highest BCUT2D eigenvalue weighted by Crippen LogP contribution is 2.20. The van der Waals surface area contributed by atoms with Crippen LogP contribution >= 0.6 is 0 Å². The van der Waals surface area contributed by atoms with E-state index in [1.165, 1.54) is 10.8 Å². The van der Waals surface area contributed by atoms with Crippen LogP contribution in [0.2, 0.25) is 19.6 Å². The molecule has 0 amide bonds. The Morgan fingerprint density at radius 3 is 2.42 bits per heavy atom. The molecule has 1 aromatic rings. The fourth-order valence-electron chi connectivity index (χ4n) is 1.97. The zero-order valence-electron chi connectivity index (χ0n) is 12.7. The minimum atomic E-state index is -1.25. The van der Waals surface area contributed by atoms with Crippen LogP contribution in [0.3, 0.4) is 0 Å². The van der Waals surface area contributed by atoms with E-state index in [9.17, 15) is 0 Å². The summed E-state index contributed by atoms with van der Waals surface area (Å²) >= 11 is 0. The molecule has 0 N–H and O–H groups in total. The summed E-state index contributed by atoms with van der Waals surface area (Å²) in [4.78, 5) is 0. The third-order valence-electron chi connectivity index (χ3n) is 3.30. The van der Waals surface area contributed by atoms with E-state index in [1.807, 2.05) is 18.2 Å². The van der Waals surface area contributed by atoms with Gasteiger partial charge in [0.05, 0.1) is 20.8 Å². The Bertz CT molecular complexity index is 424. The van der Waals surface area contributed by atoms with Gasteiger partial charge in [-0.05, 0) is 30.5 Å². The molecular formula is C17H26OSi. The van der Waals surface area contributed by atoms with Crippen molar-refractivity contribution in [1.29, 1.82) is 0 Å². The second-order valence-electron chi connectivity index (χ2n) is 6.05. The maximum Gasteiger partial charge on any atom is 0.0823 e. The van der Waals surface area contributed by atoms with Crippen molar-refractivity contribution >= 4 is 8.07 Å². The summed E-state index contributed by atoms with van der Waals surface area (Å²) < 4.78 is 5.89. The van der Waals surface area contributed by atoms with E-state index in [4.69, 9.17) is 4.74 Å². The van der Waals surface area contributed by atoms with E-state index in [-0.39, 0.29) is 6.10 Å². The largest absolute Gasteiger partial charge is 0.374 e. The van der Waals surface area contributed by atoms with Crippen molar-refractivity contribution < 1.29 is 4.74 Å². The summed E-state index contributed by atoms with van der Waals surface area (Å²) in [5, 5.41) is 1.42. The SMILES string of the molecule is C=C=C(CCC(C)OCc1ccccc1)[Si](C)(C)C. The van der Waals surface area contributed by atoms with Gasteiger partial charge in [-0.1, -0.05) is 56.6 Å². The van der Waals surface area contributed by atoms with Gasteiger partial charge in [0, 0.05) is 0 Å². The van der Waals surface area contributed by atoms with Crippen LogP contribution in [0.25, 0.3) is 0 Å². The Morgan fingerprint density at radius 1 is 1.26 bits per heavy atom. The van der Waals surface area contributed by atoms with Crippen LogP contribution < -0.4 is 0 Å². The maximum absolute atomic E-state index is 5.89. The normalized spacial score (nSPS) is 12.8. The summed E-state index contributed by atoms with van der Waals surface area (Å²) in [5.41, 5.74) is 4.38. The predicted octanol–water partition coefficient (Wildman–Crippen LogP) is 4.96. The van der Waals surface area contributed by atoms with Crippen molar-refractivity contribution in [3.8, 4) is 0 Å². The van der Waals surface area contributed by atoms with Crippen LogP contribution in [-0.4, -0.2) is 14.2 Å². The molecule has 104 valence electrons. The van der Waals surface area contributed by atoms with Gasteiger partial charge in [-0.25, -0.2) is 0 Å². The molecule has 2 heteroatoms. The van der Waals surface area contributed by atoms with Crippen LogP contribution in [0.1, 0.15) is 25.3 Å². The van der Waals surface area contributed by atoms with Crippen molar-refractivity contribution in [3.63, 3.8) is 0 Å². The minimum absolute atomic E-state index is 0.278. The van der Waals surface area contributed by atoms with Crippen molar-refractivity contribution in [3.05, 3.63) is 53.4 Å². The molecular weight excluding hydrogens is 248 g/mol. The molecule has 0 spiro atoms. The molecule has 1 nitrogen and oxygen atoms in total. The monoisotopic (exact) mass is 274 g/mol. The van der Waals surface area contributed by atoms with Gasteiger partial charge in [-0.3, -0.25) is 0 Å². The van der Waals surface area contributed by atoms with E-state index < -0.39 is 8.07 Å². The van der Waals surface area contributed by atoms with Crippen LogP contribution in [0, 0.1) is 0 Å². The average Bonchev–Trinajstić information content (AvgIpc) is 2.36. The highest BCUT2D eigenvalue weighted by molar-refractivity contribution is 6.83. The fourth-order valence-corrected chi connectivity index (χ4v) is 3.40. The van der Waals surface area contributed by atoms with E-state index in [0.29, 0.717) is 6.61 Å². The quantitative estimate of drug-likeness (QED) is 0.504. The standard InChI is InChI=1S/C17H26OSi/c1-6-17(19(3,4)5)13-12-15(2)18-14-16-10-8-7-9-11-16/h7-11,15H,1,12-14H2,2-5H3. The fraction of sp³-hybridized carbons (Fsp3) is 0.471. The summed E-state index contributed by atoms with van der Waals surface area (Å²) in [5.74, 6) is 0. The summed E-state index contributed by atoms with van der Waals surface area (Å²) in [6.45, 7) is 13.7. The molecule has 19 heavy (non-hydrogen) atoms. The summed E-state index contributed by atoms with van der Waals surface area (Å²) in [6.07, 6.45) is 2.39. The first kappa shape index (κ1) is 16.0. The summed E-state index contributed by atoms with van der Waals surface area (Å²) in [6, 6.07) is 10.3. The minimum Gasteiger partial charge on any atom is -0.374 e. The van der Waals surface area contributed by atoms with E-state index >= 15 is 0 Å². The Balaban J connectivity index is 2.36. The number of hydrogen-bond acceptors (Lipinski definition) is 1. The van der Waals surface area contributed by atoms with Crippen molar-refractivity contribution in [1.82, 2.24) is 0 Å². The first-order valence-corrected chi connectivity index (χ1v) is 10.5. The molecule has 0 aliphatic rings. The van der Waals surface area contributed by atoms with Gasteiger partial charge < -0.3 is 4.74 Å². The van der Waals surface area contributed by atoms with Gasteiger partial charge in [-0.2, -0.15) is 0 Å². The van der Waals surface area contributed by atoms with E-state index in [1.54, 1.807) is 0 Å². The lowest BCUT2D eigenvalue weighted by molar-refractivity contribution is 0.0481. The maximum atomic E-state index is 5.89. The van der Waals surface area contributed by atoms with Gasteiger partial charge in [0.25, 0.3) is 0 Å². The first-order chi connectivity index (χ1) is 8.93. The van der Waals surface area contributed by atoms with Gasteiger partial charge in [0.15, 0.2) is 0 Å². The Kier molecular flexibility index (Phi) is 6.30. The molecule has 0 aliphatic heterocycles. The molecule has 0 fully saturated rings. The molecule has 1 rings (SSSR count). The predicted molar refractivity (Wildman–Crippen MR) is 85.9 cm³/mol. The summed E-state index contributed by atoms with van der Waals surface area (Å²) in [7, 11) is -1.25. The van der Waals surface area contributed by atoms with Crippen LogP contribution in [0.4, 0.5) is 0 Å². The lowest BCUT2D eigenvalue weighted by atomic mass is 10.2. The Labute approximate surface area is 119 Å². The zero-order chi connectivity index (χ0) is 14.3. The highest BCUT2D eigenvalue weighted by atomic mass is 28.3. The van der Waals surface area contributed by atoms with Crippen LogP contribution in [0.5, 0.6) is 0 Å². The highest BCUT2D eigenvalue weighted by Gasteiger charge is 2.19. The lowest BCUT2D eigenvalue weighted by Crippen LogP contribution is -2.24. The second-order valence-corrected chi connectivity index (χ2v) is 11.2. The van der Waals surface area contributed by atoms with Gasteiger partial charge in [0.1, 0.15) is 0 Å².